The fraction of sp³-hybridized carbons (Fsp3) is 0.533. The van der Waals surface area contributed by atoms with Gasteiger partial charge in [-0.05, 0) is 71.9 Å². The SMILES string of the molecule is COc1ccc(I)cc1C(=O)C1CC2CCC1C2. The predicted molar refractivity (Wildman–Crippen MR) is 79.0 cm³/mol. The van der Waals surface area contributed by atoms with E-state index in [1.54, 1.807) is 7.11 Å². The van der Waals surface area contributed by atoms with Gasteiger partial charge in [0.15, 0.2) is 5.78 Å². The van der Waals surface area contributed by atoms with Gasteiger partial charge in [-0.25, -0.2) is 0 Å². The first-order valence-electron chi connectivity index (χ1n) is 6.57. The number of rotatable bonds is 3. The Morgan fingerprint density at radius 1 is 1.33 bits per heavy atom. The second kappa shape index (κ2) is 4.83. The summed E-state index contributed by atoms with van der Waals surface area (Å²) in [5, 5.41) is 0. The Labute approximate surface area is 121 Å². The number of methoxy groups -OCH3 is 1. The number of hydrogen-bond acceptors (Lipinski definition) is 2. The quantitative estimate of drug-likeness (QED) is 0.606. The van der Waals surface area contributed by atoms with Gasteiger partial charge in [-0.3, -0.25) is 4.79 Å². The molecule has 1 aromatic rings. The van der Waals surface area contributed by atoms with Crippen LogP contribution in [0.25, 0.3) is 0 Å². The minimum Gasteiger partial charge on any atom is -0.496 e. The molecule has 0 aromatic heterocycles. The Balaban J connectivity index is 1.90. The molecule has 2 fully saturated rings. The molecule has 2 aliphatic rings. The van der Waals surface area contributed by atoms with Crippen LogP contribution in [0.1, 0.15) is 36.0 Å². The highest BCUT2D eigenvalue weighted by Crippen LogP contribution is 2.49. The van der Waals surface area contributed by atoms with Gasteiger partial charge in [-0.1, -0.05) is 6.42 Å². The van der Waals surface area contributed by atoms with Crippen molar-refractivity contribution in [2.45, 2.75) is 25.7 Å². The van der Waals surface area contributed by atoms with Crippen molar-refractivity contribution < 1.29 is 9.53 Å². The standard InChI is InChI=1S/C15H17IO2/c1-18-14-5-4-11(16)8-13(14)15(17)12-7-9-2-3-10(12)6-9/h4-5,8-10,12H,2-3,6-7H2,1H3. The summed E-state index contributed by atoms with van der Waals surface area (Å²) in [6.45, 7) is 0. The normalized spacial score (nSPS) is 29.6. The third-order valence-electron chi connectivity index (χ3n) is 4.50. The number of ketones is 1. The lowest BCUT2D eigenvalue weighted by Crippen LogP contribution is -2.21. The predicted octanol–water partition coefficient (Wildman–Crippen LogP) is 3.92. The van der Waals surface area contributed by atoms with E-state index in [0.29, 0.717) is 11.7 Å². The highest BCUT2D eigenvalue weighted by Gasteiger charge is 2.43. The molecule has 3 atom stereocenters. The van der Waals surface area contributed by atoms with Crippen LogP contribution in [0.15, 0.2) is 18.2 Å². The number of halogens is 1. The molecular formula is C15H17IO2. The van der Waals surface area contributed by atoms with Crippen LogP contribution >= 0.6 is 22.6 Å². The number of carbonyl (C=O) groups excluding carboxylic acids is 1. The molecule has 18 heavy (non-hydrogen) atoms. The number of benzene rings is 1. The number of hydrogen-bond donors (Lipinski definition) is 0. The van der Waals surface area contributed by atoms with Gasteiger partial charge in [0.1, 0.15) is 5.75 Å². The van der Waals surface area contributed by atoms with E-state index in [-0.39, 0.29) is 5.92 Å². The van der Waals surface area contributed by atoms with Gasteiger partial charge in [-0.15, -0.1) is 0 Å². The topological polar surface area (TPSA) is 26.3 Å². The summed E-state index contributed by atoms with van der Waals surface area (Å²) < 4.78 is 6.43. The Morgan fingerprint density at radius 3 is 2.78 bits per heavy atom. The number of Topliss-reactive ketones (excluding diaryl/α,β-unsaturated/α-hetero) is 1. The first-order chi connectivity index (χ1) is 8.69. The Morgan fingerprint density at radius 2 is 2.17 bits per heavy atom. The lowest BCUT2D eigenvalue weighted by atomic mass is 9.83. The molecule has 1 aromatic carbocycles. The molecule has 2 aliphatic carbocycles. The maximum atomic E-state index is 12.7. The van der Waals surface area contributed by atoms with Crippen molar-refractivity contribution in [1.82, 2.24) is 0 Å². The molecule has 0 amide bonds. The fourth-order valence-corrected chi connectivity index (χ4v) is 4.13. The van der Waals surface area contributed by atoms with Gasteiger partial charge in [0.05, 0.1) is 12.7 Å². The minimum absolute atomic E-state index is 0.246. The van der Waals surface area contributed by atoms with Crippen molar-refractivity contribution in [1.29, 1.82) is 0 Å². The molecule has 3 unspecified atom stereocenters. The Hall–Kier alpha value is -0.580. The zero-order valence-corrected chi connectivity index (χ0v) is 12.6. The van der Waals surface area contributed by atoms with E-state index < -0.39 is 0 Å². The van der Waals surface area contributed by atoms with Crippen LogP contribution < -0.4 is 4.74 Å². The van der Waals surface area contributed by atoms with Crippen LogP contribution in [0.4, 0.5) is 0 Å². The monoisotopic (exact) mass is 356 g/mol. The van der Waals surface area contributed by atoms with Crippen molar-refractivity contribution in [2.24, 2.45) is 17.8 Å². The highest BCUT2D eigenvalue weighted by molar-refractivity contribution is 14.1. The van der Waals surface area contributed by atoms with Gasteiger partial charge >= 0.3 is 0 Å². The van der Waals surface area contributed by atoms with Crippen molar-refractivity contribution in [3.8, 4) is 5.75 Å². The van der Waals surface area contributed by atoms with Gasteiger partial charge in [0.2, 0.25) is 0 Å². The average Bonchev–Trinajstić information content (AvgIpc) is 3.00. The third kappa shape index (κ3) is 2.06. The summed E-state index contributed by atoms with van der Waals surface area (Å²) in [6.07, 6.45) is 4.94. The zero-order valence-electron chi connectivity index (χ0n) is 10.5. The van der Waals surface area contributed by atoms with Crippen LogP contribution in [-0.2, 0) is 0 Å². The van der Waals surface area contributed by atoms with Gasteiger partial charge < -0.3 is 4.74 Å². The smallest absolute Gasteiger partial charge is 0.169 e. The van der Waals surface area contributed by atoms with E-state index in [4.69, 9.17) is 4.74 Å². The van der Waals surface area contributed by atoms with E-state index in [1.165, 1.54) is 19.3 Å². The fourth-order valence-electron chi connectivity index (χ4n) is 3.64. The van der Waals surface area contributed by atoms with E-state index in [9.17, 15) is 4.79 Å². The summed E-state index contributed by atoms with van der Waals surface area (Å²) in [7, 11) is 1.64. The largest absolute Gasteiger partial charge is 0.496 e. The molecule has 0 saturated heterocycles. The Bertz CT molecular complexity index is 483. The lowest BCUT2D eigenvalue weighted by Gasteiger charge is -2.21. The van der Waals surface area contributed by atoms with Gasteiger partial charge in [0.25, 0.3) is 0 Å². The molecule has 0 heterocycles. The molecule has 0 spiro atoms. The average molecular weight is 356 g/mol. The molecular weight excluding hydrogens is 339 g/mol. The van der Waals surface area contributed by atoms with Crippen molar-refractivity contribution in [2.75, 3.05) is 7.11 Å². The first-order valence-corrected chi connectivity index (χ1v) is 7.64. The van der Waals surface area contributed by atoms with Crippen molar-refractivity contribution in [3.63, 3.8) is 0 Å². The third-order valence-corrected chi connectivity index (χ3v) is 5.17. The summed E-state index contributed by atoms with van der Waals surface area (Å²) in [5.74, 6) is 2.71. The van der Waals surface area contributed by atoms with Gasteiger partial charge in [-0.2, -0.15) is 0 Å². The minimum atomic E-state index is 0.246. The molecule has 0 aliphatic heterocycles. The van der Waals surface area contributed by atoms with Crippen LogP contribution in [0.3, 0.4) is 0 Å². The van der Waals surface area contributed by atoms with Crippen LogP contribution in [-0.4, -0.2) is 12.9 Å². The number of ether oxygens (including phenoxy) is 1. The van der Waals surface area contributed by atoms with E-state index in [1.807, 2.05) is 18.2 Å². The molecule has 0 radical (unpaired) electrons. The van der Waals surface area contributed by atoms with Gasteiger partial charge in [0, 0.05) is 9.49 Å². The van der Waals surface area contributed by atoms with Crippen molar-refractivity contribution in [3.05, 3.63) is 27.3 Å². The molecule has 3 rings (SSSR count). The summed E-state index contributed by atoms with van der Waals surface area (Å²) >= 11 is 2.25. The summed E-state index contributed by atoms with van der Waals surface area (Å²) in [4.78, 5) is 12.7. The molecule has 2 nitrogen and oxygen atoms in total. The van der Waals surface area contributed by atoms with E-state index in [2.05, 4.69) is 22.6 Å². The number of carbonyl (C=O) groups is 1. The van der Waals surface area contributed by atoms with E-state index in [0.717, 1.165) is 27.2 Å². The lowest BCUT2D eigenvalue weighted by molar-refractivity contribution is 0.0871. The van der Waals surface area contributed by atoms with Crippen LogP contribution in [0.5, 0.6) is 5.75 Å². The molecule has 2 saturated carbocycles. The molecule has 96 valence electrons. The van der Waals surface area contributed by atoms with E-state index >= 15 is 0 Å². The second-order valence-corrected chi connectivity index (χ2v) is 6.74. The Kier molecular flexibility index (Phi) is 3.34. The maximum Gasteiger partial charge on any atom is 0.169 e. The number of fused-ring (bicyclic) bond motifs is 2. The molecule has 0 N–H and O–H groups in total. The maximum absolute atomic E-state index is 12.7. The summed E-state index contributed by atoms with van der Waals surface area (Å²) in [6, 6.07) is 5.85. The second-order valence-electron chi connectivity index (χ2n) is 5.49. The molecule has 2 bridgehead atoms. The zero-order chi connectivity index (χ0) is 12.7. The highest BCUT2D eigenvalue weighted by atomic mass is 127. The van der Waals surface area contributed by atoms with Crippen molar-refractivity contribution >= 4 is 28.4 Å². The molecule has 3 heteroatoms. The van der Waals surface area contributed by atoms with Crippen LogP contribution in [0.2, 0.25) is 0 Å². The van der Waals surface area contributed by atoms with Crippen LogP contribution in [0, 0.1) is 21.3 Å². The summed E-state index contributed by atoms with van der Waals surface area (Å²) in [5.41, 5.74) is 0.780. The first kappa shape index (κ1) is 12.5.